The Morgan fingerprint density at radius 2 is 2.08 bits per heavy atom. The fourth-order valence-electron chi connectivity index (χ4n) is 5.06. The second-order valence-electron chi connectivity index (χ2n) is 10.1. The SMILES string of the molecule is Cc1cccc([C@@H](CO)NC(=O)[C@H](C)N2CCc3cc(-c4nc(NC5CCOCC5)ncc4Cl)cn3C2=O)c1. The Labute approximate surface area is 232 Å². The summed E-state index contributed by atoms with van der Waals surface area (Å²) in [5.74, 6) is 0.151. The molecular formula is C28H33ClN6O4. The minimum Gasteiger partial charge on any atom is -0.394 e. The summed E-state index contributed by atoms with van der Waals surface area (Å²) in [6.45, 7) is 5.20. The summed E-state index contributed by atoms with van der Waals surface area (Å²) in [6, 6.07) is 8.18. The molecule has 3 aromatic rings. The molecule has 5 rings (SSSR count). The first-order valence-electron chi connectivity index (χ1n) is 13.2. The Morgan fingerprint density at radius 1 is 1.28 bits per heavy atom. The van der Waals surface area contributed by atoms with E-state index in [9.17, 15) is 14.7 Å². The highest BCUT2D eigenvalue weighted by Gasteiger charge is 2.33. The summed E-state index contributed by atoms with van der Waals surface area (Å²) in [5, 5.41) is 16.5. The highest BCUT2D eigenvalue weighted by Crippen LogP contribution is 2.30. The second kappa shape index (κ2) is 11.7. The van der Waals surface area contributed by atoms with Crippen molar-refractivity contribution in [1.29, 1.82) is 0 Å². The van der Waals surface area contributed by atoms with Crippen LogP contribution in [0.15, 0.2) is 42.7 Å². The maximum Gasteiger partial charge on any atom is 0.329 e. The molecule has 3 N–H and O–H groups in total. The van der Waals surface area contributed by atoms with Crippen molar-refractivity contribution in [3.8, 4) is 11.3 Å². The molecule has 2 aromatic heterocycles. The van der Waals surface area contributed by atoms with Crippen LogP contribution >= 0.6 is 11.6 Å². The van der Waals surface area contributed by atoms with Crippen molar-refractivity contribution in [3.05, 3.63) is 64.6 Å². The lowest BCUT2D eigenvalue weighted by Crippen LogP contribution is -2.52. The number of nitrogens with zero attached hydrogens (tertiary/aromatic N) is 4. The highest BCUT2D eigenvalue weighted by molar-refractivity contribution is 6.32. The smallest absolute Gasteiger partial charge is 0.329 e. The number of anilines is 1. The van der Waals surface area contributed by atoms with Gasteiger partial charge in [0.25, 0.3) is 0 Å². The predicted octanol–water partition coefficient (Wildman–Crippen LogP) is 3.56. The molecule has 206 valence electrons. The summed E-state index contributed by atoms with van der Waals surface area (Å²) in [5.41, 5.74) is 3.91. The molecule has 0 spiro atoms. The van der Waals surface area contributed by atoms with E-state index in [0.29, 0.717) is 48.4 Å². The number of aliphatic hydroxyl groups excluding tert-OH is 1. The molecule has 2 amide bonds. The summed E-state index contributed by atoms with van der Waals surface area (Å²) in [7, 11) is 0. The third kappa shape index (κ3) is 5.93. The molecule has 11 heteroatoms. The Bertz CT molecular complexity index is 1360. The number of carbonyl (C=O) groups excluding carboxylic acids is 2. The zero-order valence-corrected chi connectivity index (χ0v) is 22.8. The monoisotopic (exact) mass is 552 g/mol. The average Bonchev–Trinajstić information content (AvgIpc) is 3.38. The molecular weight excluding hydrogens is 520 g/mol. The lowest BCUT2D eigenvalue weighted by atomic mass is 10.0. The number of halogens is 1. The van der Waals surface area contributed by atoms with Gasteiger partial charge in [0.2, 0.25) is 11.9 Å². The number of fused-ring (bicyclic) bond motifs is 1. The molecule has 10 nitrogen and oxygen atoms in total. The van der Waals surface area contributed by atoms with Gasteiger partial charge in [-0.25, -0.2) is 14.8 Å². The number of amides is 2. The number of aryl methyl sites for hydroxylation is 1. The number of aliphatic hydroxyl groups is 1. The van der Waals surface area contributed by atoms with Crippen LogP contribution in [0.5, 0.6) is 0 Å². The zero-order chi connectivity index (χ0) is 27.5. The van der Waals surface area contributed by atoms with Crippen molar-refractivity contribution in [1.82, 2.24) is 24.8 Å². The van der Waals surface area contributed by atoms with Crippen LogP contribution in [0.2, 0.25) is 5.02 Å². The number of rotatable bonds is 8. The molecule has 4 heterocycles. The fraction of sp³-hybridized carbons (Fsp3) is 0.429. The van der Waals surface area contributed by atoms with E-state index in [0.717, 1.165) is 29.7 Å². The predicted molar refractivity (Wildman–Crippen MR) is 148 cm³/mol. The lowest BCUT2D eigenvalue weighted by molar-refractivity contribution is -0.126. The molecule has 2 aliphatic rings. The minimum atomic E-state index is -0.728. The standard InChI is InChI=1S/C28H33ClN6O4/c1-17-4-3-5-19(12-17)24(16-36)32-26(37)18(2)34-9-6-22-13-20(15-35(22)28(34)38)25-23(29)14-30-27(33-25)31-21-7-10-39-11-8-21/h3-5,12-15,18,21,24,36H,6-11,16H2,1-2H3,(H,32,37)(H,30,31,33)/t18-,24+/m0/s1. The van der Waals surface area contributed by atoms with Gasteiger partial charge in [-0.05, 0) is 38.3 Å². The Hall–Kier alpha value is -3.47. The molecule has 2 aliphatic heterocycles. The molecule has 2 atom stereocenters. The third-order valence-corrected chi connectivity index (χ3v) is 7.60. The first-order chi connectivity index (χ1) is 18.8. The largest absolute Gasteiger partial charge is 0.394 e. The van der Waals surface area contributed by atoms with Crippen molar-refractivity contribution < 1.29 is 19.4 Å². The van der Waals surface area contributed by atoms with Gasteiger partial charge in [0.1, 0.15) is 6.04 Å². The summed E-state index contributed by atoms with van der Waals surface area (Å²) in [6.07, 6.45) is 5.60. The molecule has 0 saturated carbocycles. The van der Waals surface area contributed by atoms with Gasteiger partial charge in [0, 0.05) is 49.7 Å². The maximum atomic E-state index is 13.5. The van der Waals surface area contributed by atoms with E-state index >= 15 is 0 Å². The van der Waals surface area contributed by atoms with Crippen molar-refractivity contribution in [2.45, 2.75) is 51.2 Å². The topological polar surface area (TPSA) is 122 Å². The van der Waals surface area contributed by atoms with Gasteiger partial charge in [0.05, 0.1) is 29.6 Å². The van der Waals surface area contributed by atoms with E-state index in [-0.39, 0.29) is 24.6 Å². The Balaban J connectivity index is 1.30. The lowest BCUT2D eigenvalue weighted by Gasteiger charge is -2.33. The maximum absolute atomic E-state index is 13.5. The number of hydrogen-bond donors (Lipinski definition) is 3. The minimum absolute atomic E-state index is 0.231. The van der Waals surface area contributed by atoms with Crippen LogP contribution in [0.25, 0.3) is 11.3 Å². The van der Waals surface area contributed by atoms with Gasteiger partial charge in [0.15, 0.2) is 0 Å². The average molecular weight is 553 g/mol. The van der Waals surface area contributed by atoms with Gasteiger partial charge in [-0.1, -0.05) is 41.4 Å². The molecule has 0 bridgehead atoms. The summed E-state index contributed by atoms with van der Waals surface area (Å²) >= 11 is 6.47. The first kappa shape index (κ1) is 27.1. The zero-order valence-electron chi connectivity index (χ0n) is 22.1. The van der Waals surface area contributed by atoms with Crippen LogP contribution in [0.3, 0.4) is 0 Å². The van der Waals surface area contributed by atoms with Crippen LogP contribution in [0, 0.1) is 6.92 Å². The molecule has 39 heavy (non-hydrogen) atoms. The molecule has 1 saturated heterocycles. The number of carbonyl (C=O) groups is 2. The molecule has 1 aromatic carbocycles. The number of benzene rings is 1. The van der Waals surface area contributed by atoms with E-state index in [2.05, 4.69) is 20.6 Å². The molecule has 0 radical (unpaired) electrons. The number of ether oxygens (including phenoxy) is 1. The number of nitrogens with one attached hydrogen (secondary N) is 2. The van der Waals surface area contributed by atoms with E-state index in [4.69, 9.17) is 16.3 Å². The number of aromatic nitrogens is 3. The Morgan fingerprint density at radius 3 is 2.82 bits per heavy atom. The van der Waals surface area contributed by atoms with Crippen LogP contribution < -0.4 is 10.6 Å². The van der Waals surface area contributed by atoms with Crippen LogP contribution in [-0.4, -0.2) is 74.9 Å². The van der Waals surface area contributed by atoms with Gasteiger partial charge < -0.3 is 25.4 Å². The van der Waals surface area contributed by atoms with Crippen molar-refractivity contribution in [2.75, 3.05) is 31.7 Å². The normalized spacial score (nSPS) is 17.4. The van der Waals surface area contributed by atoms with Crippen LogP contribution in [0.1, 0.15) is 42.6 Å². The third-order valence-electron chi connectivity index (χ3n) is 7.32. The quantitative estimate of drug-likeness (QED) is 0.390. The van der Waals surface area contributed by atoms with Gasteiger partial charge in [-0.3, -0.25) is 9.36 Å². The molecule has 0 unspecified atom stereocenters. The van der Waals surface area contributed by atoms with Crippen molar-refractivity contribution in [3.63, 3.8) is 0 Å². The molecule has 1 fully saturated rings. The van der Waals surface area contributed by atoms with E-state index in [1.165, 1.54) is 4.90 Å². The molecule has 0 aliphatic carbocycles. The van der Waals surface area contributed by atoms with Crippen molar-refractivity contribution >= 4 is 29.5 Å². The van der Waals surface area contributed by atoms with Crippen LogP contribution in [0.4, 0.5) is 10.7 Å². The van der Waals surface area contributed by atoms with E-state index in [1.54, 1.807) is 23.9 Å². The Kier molecular flexibility index (Phi) is 8.15. The summed E-state index contributed by atoms with van der Waals surface area (Å²) in [4.78, 5) is 37.1. The number of hydrogen-bond acceptors (Lipinski definition) is 7. The van der Waals surface area contributed by atoms with E-state index in [1.807, 2.05) is 37.3 Å². The van der Waals surface area contributed by atoms with Crippen LogP contribution in [-0.2, 0) is 16.0 Å². The summed E-state index contributed by atoms with van der Waals surface area (Å²) < 4.78 is 6.97. The van der Waals surface area contributed by atoms with Crippen molar-refractivity contribution in [2.24, 2.45) is 0 Å². The first-order valence-corrected chi connectivity index (χ1v) is 13.6. The second-order valence-corrected chi connectivity index (χ2v) is 10.5. The fourth-order valence-corrected chi connectivity index (χ4v) is 5.26. The van der Waals surface area contributed by atoms with Gasteiger partial charge >= 0.3 is 6.03 Å². The van der Waals surface area contributed by atoms with Gasteiger partial charge in [-0.2, -0.15) is 0 Å². The highest BCUT2D eigenvalue weighted by atomic mass is 35.5. The van der Waals surface area contributed by atoms with E-state index < -0.39 is 12.1 Å². The van der Waals surface area contributed by atoms with Gasteiger partial charge in [-0.15, -0.1) is 0 Å².